The molecule has 32 heavy (non-hydrogen) atoms. The summed E-state index contributed by atoms with van der Waals surface area (Å²) in [7, 11) is 0. The van der Waals surface area contributed by atoms with Crippen LogP contribution in [0.4, 0.5) is 10.7 Å². The molecule has 0 radical (unpaired) electrons. The second kappa shape index (κ2) is 9.64. The van der Waals surface area contributed by atoms with Gasteiger partial charge in [0.25, 0.3) is 0 Å². The van der Waals surface area contributed by atoms with E-state index in [1.807, 2.05) is 60.8 Å². The Morgan fingerprint density at radius 2 is 2.03 bits per heavy atom. The Bertz CT molecular complexity index is 1190. The number of fused-ring (bicyclic) bond motifs is 1. The van der Waals surface area contributed by atoms with E-state index in [2.05, 4.69) is 10.3 Å². The second-order valence-electron chi connectivity index (χ2n) is 7.20. The number of carbonyl (C=O) groups is 1. The molecule has 0 aliphatic carbocycles. The summed E-state index contributed by atoms with van der Waals surface area (Å²) < 4.78 is 0. The van der Waals surface area contributed by atoms with Crippen LogP contribution in [-0.4, -0.2) is 38.1 Å². The number of pyridine rings is 1. The third kappa shape index (κ3) is 4.59. The lowest BCUT2D eigenvalue weighted by Gasteiger charge is -2.20. The molecule has 3 aromatic rings. The molecule has 2 aromatic heterocycles. The molecule has 1 amide bonds. The average Bonchev–Trinajstić information content (AvgIpc) is 3.02. The molecule has 9 heteroatoms. The van der Waals surface area contributed by atoms with Crippen molar-refractivity contribution in [2.75, 3.05) is 11.6 Å². The van der Waals surface area contributed by atoms with Gasteiger partial charge in [0.1, 0.15) is 10.7 Å². The molecule has 7 nitrogen and oxygen atoms in total. The van der Waals surface area contributed by atoms with Crippen molar-refractivity contribution in [1.82, 2.24) is 9.99 Å². The lowest BCUT2D eigenvalue weighted by Crippen LogP contribution is -2.24. The fourth-order valence-corrected chi connectivity index (χ4v) is 5.06. The largest absolute Gasteiger partial charge is 0.392 e. The monoisotopic (exact) mass is 465 g/mol. The molecule has 1 aromatic carbocycles. The van der Waals surface area contributed by atoms with E-state index in [1.54, 1.807) is 17.5 Å². The number of thiophene rings is 1. The molecule has 1 aliphatic heterocycles. The summed E-state index contributed by atoms with van der Waals surface area (Å²) in [5, 5.41) is 21.4. The molecular formula is C23H23N5O2S2. The van der Waals surface area contributed by atoms with Gasteiger partial charge in [-0.15, -0.1) is 11.3 Å². The Hall–Kier alpha value is -3.01. The van der Waals surface area contributed by atoms with Gasteiger partial charge >= 0.3 is 0 Å². The van der Waals surface area contributed by atoms with Gasteiger partial charge in [-0.2, -0.15) is 5.10 Å². The third-order valence-electron chi connectivity index (χ3n) is 4.94. The molecule has 164 valence electrons. The van der Waals surface area contributed by atoms with Crippen LogP contribution < -0.4 is 5.32 Å². The molecule has 0 atom stereocenters. The number of thioether (sulfide) groups is 1. The maximum atomic E-state index is 11.4. The number of aliphatic hydroxyl groups is 1. The number of anilines is 1. The van der Waals surface area contributed by atoms with Crippen molar-refractivity contribution in [2.24, 2.45) is 10.1 Å². The van der Waals surface area contributed by atoms with E-state index in [9.17, 15) is 9.90 Å². The molecule has 1 aliphatic rings. The van der Waals surface area contributed by atoms with Gasteiger partial charge in [0.2, 0.25) is 5.91 Å². The van der Waals surface area contributed by atoms with Crippen LogP contribution in [-0.2, 0) is 17.9 Å². The fourth-order valence-electron chi connectivity index (χ4n) is 3.47. The number of hydrazone groups is 1. The van der Waals surface area contributed by atoms with Gasteiger partial charge in [-0.1, -0.05) is 30.0 Å². The molecule has 0 spiro atoms. The summed E-state index contributed by atoms with van der Waals surface area (Å²) >= 11 is 3.08. The van der Waals surface area contributed by atoms with Gasteiger partial charge < -0.3 is 10.4 Å². The first kappa shape index (κ1) is 22.2. The van der Waals surface area contributed by atoms with Crippen LogP contribution in [0.1, 0.15) is 34.1 Å². The molecular weight excluding hydrogens is 442 g/mol. The van der Waals surface area contributed by atoms with Gasteiger partial charge in [-0.3, -0.25) is 9.78 Å². The van der Waals surface area contributed by atoms with E-state index in [-0.39, 0.29) is 12.5 Å². The summed E-state index contributed by atoms with van der Waals surface area (Å²) in [5.74, 6) is -0.122. The average molecular weight is 466 g/mol. The quantitative estimate of drug-likeness (QED) is 0.578. The topological polar surface area (TPSA) is 90.2 Å². The van der Waals surface area contributed by atoms with Crippen molar-refractivity contribution < 1.29 is 9.90 Å². The van der Waals surface area contributed by atoms with Crippen LogP contribution >= 0.6 is 23.1 Å². The Morgan fingerprint density at radius 1 is 1.25 bits per heavy atom. The SMILES string of the molecule is CSC1=Nc2sc(C)c(CO)c2C(c2ccc(NC(C)=O)cc2)=NN1Cc1cccnc1. The first-order valence-corrected chi connectivity index (χ1v) is 12.0. The van der Waals surface area contributed by atoms with Gasteiger partial charge in [-0.25, -0.2) is 10.0 Å². The maximum absolute atomic E-state index is 11.4. The van der Waals surface area contributed by atoms with Crippen molar-refractivity contribution in [3.63, 3.8) is 0 Å². The summed E-state index contributed by atoms with van der Waals surface area (Å²) in [6.07, 6.45) is 5.54. The molecule has 3 heterocycles. The number of rotatable bonds is 5. The molecule has 0 fully saturated rings. The number of aromatic nitrogens is 1. The van der Waals surface area contributed by atoms with Crippen LogP contribution in [0.15, 0.2) is 58.9 Å². The number of aryl methyl sites for hydroxylation is 1. The minimum Gasteiger partial charge on any atom is -0.392 e. The van der Waals surface area contributed by atoms with E-state index in [0.717, 1.165) is 43.0 Å². The van der Waals surface area contributed by atoms with Crippen LogP contribution in [0.5, 0.6) is 0 Å². The summed E-state index contributed by atoms with van der Waals surface area (Å²) in [4.78, 5) is 21.5. The van der Waals surface area contributed by atoms with E-state index >= 15 is 0 Å². The molecule has 0 bridgehead atoms. The number of hydrogen-bond donors (Lipinski definition) is 2. The Balaban J connectivity index is 1.85. The minimum atomic E-state index is -0.122. The highest BCUT2D eigenvalue weighted by molar-refractivity contribution is 8.13. The van der Waals surface area contributed by atoms with E-state index < -0.39 is 0 Å². The summed E-state index contributed by atoms with van der Waals surface area (Å²) in [6, 6.07) is 11.5. The summed E-state index contributed by atoms with van der Waals surface area (Å²) in [5.41, 5.74) is 5.03. The zero-order chi connectivity index (χ0) is 22.7. The number of nitrogens with zero attached hydrogens (tertiary/aromatic N) is 4. The standard InChI is InChI=1S/C23H23N5O2S2/c1-14-19(13-29)20-21(17-6-8-18(9-7-17)25-15(2)30)27-28(12-16-5-4-10-24-11-16)23(31-3)26-22(20)32-14/h4-11,29H,12-13H2,1-3H3,(H,25,30). The Morgan fingerprint density at radius 3 is 2.66 bits per heavy atom. The van der Waals surface area contributed by atoms with Crippen molar-refractivity contribution in [3.05, 3.63) is 75.9 Å². The van der Waals surface area contributed by atoms with E-state index in [4.69, 9.17) is 10.1 Å². The number of carbonyl (C=O) groups excluding carboxylic acids is 1. The smallest absolute Gasteiger partial charge is 0.221 e. The lowest BCUT2D eigenvalue weighted by atomic mass is 9.99. The van der Waals surface area contributed by atoms with Gasteiger partial charge in [0, 0.05) is 46.6 Å². The molecule has 0 saturated heterocycles. The van der Waals surface area contributed by atoms with E-state index in [0.29, 0.717) is 12.2 Å². The Labute approximate surface area is 194 Å². The number of aliphatic imine (C=N–C) groups is 1. The van der Waals surface area contributed by atoms with Gasteiger partial charge in [-0.05, 0) is 36.9 Å². The van der Waals surface area contributed by atoms with Crippen molar-refractivity contribution in [1.29, 1.82) is 0 Å². The highest BCUT2D eigenvalue weighted by Gasteiger charge is 2.27. The minimum absolute atomic E-state index is 0.0899. The van der Waals surface area contributed by atoms with E-state index in [1.165, 1.54) is 18.7 Å². The predicted octanol–water partition coefficient (Wildman–Crippen LogP) is 4.52. The normalized spacial score (nSPS) is 13.2. The zero-order valence-corrected chi connectivity index (χ0v) is 19.6. The van der Waals surface area contributed by atoms with Crippen LogP contribution in [0.25, 0.3) is 0 Å². The first-order valence-electron chi connectivity index (χ1n) is 9.99. The number of amidine groups is 1. The van der Waals surface area contributed by atoms with Crippen molar-refractivity contribution >= 4 is 50.6 Å². The molecule has 2 N–H and O–H groups in total. The zero-order valence-electron chi connectivity index (χ0n) is 18.0. The number of nitrogens with one attached hydrogen (secondary N) is 1. The number of benzene rings is 1. The summed E-state index contributed by atoms with van der Waals surface area (Å²) in [6.45, 7) is 3.90. The molecule has 4 rings (SSSR count). The predicted molar refractivity (Wildman–Crippen MR) is 132 cm³/mol. The maximum Gasteiger partial charge on any atom is 0.221 e. The van der Waals surface area contributed by atoms with Crippen LogP contribution in [0.3, 0.4) is 0 Å². The highest BCUT2D eigenvalue weighted by atomic mass is 32.2. The molecule has 0 saturated carbocycles. The van der Waals surface area contributed by atoms with Crippen molar-refractivity contribution in [2.45, 2.75) is 27.0 Å². The fraction of sp³-hybridized carbons (Fsp3) is 0.217. The second-order valence-corrected chi connectivity index (χ2v) is 9.18. The van der Waals surface area contributed by atoms with Gasteiger partial charge in [0.05, 0.1) is 13.2 Å². The van der Waals surface area contributed by atoms with Crippen LogP contribution in [0, 0.1) is 6.92 Å². The first-order chi connectivity index (χ1) is 15.5. The molecule has 0 unspecified atom stereocenters. The van der Waals surface area contributed by atoms with Crippen LogP contribution in [0.2, 0.25) is 0 Å². The number of hydrogen-bond acceptors (Lipinski definition) is 8. The lowest BCUT2D eigenvalue weighted by molar-refractivity contribution is -0.114. The Kier molecular flexibility index (Phi) is 6.69. The third-order valence-corrected chi connectivity index (χ3v) is 6.65. The van der Waals surface area contributed by atoms with Crippen molar-refractivity contribution in [3.8, 4) is 0 Å². The van der Waals surface area contributed by atoms with Gasteiger partial charge in [0.15, 0.2) is 5.17 Å². The number of amides is 1. The number of aliphatic hydroxyl groups excluding tert-OH is 1. The highest BCUT2D eigenvalue weighted by Crippen LogP contribution is 2.40.